The van der Waals surface area contributed by atoms with Gasteiger partial charge in [-0.2, -0.15) is 0 Å². The van der Waals surface area contributed by atoms with Crippen LogP contribution in [0.1, 0.15) is 11.1 Å². The number of hydrogen-bond donors (Lipinski definition) is 0. The molecule has 134 valence electrons. The topological polar surface area (TPSA) is 52.6 Å². The van der Waals surface area contributed by atoms with Crippen molar-refractivity contribution in [2.45, 2.75) is 18.1 Å². The second kappa shape index (κ2) is 8.06. The van der Waals surface area contributed by atoms with Crippen molar-refractivity contribution in [3.05, 3.63) is 90.0 Å². The summed E-state index contributed by atoms with van der Waals surface area (Å²) in [4.78, 5) is 0.279. The standard InChI is InChI=1S/C21H20O4S/c1-26(22,23)21-12-10-19(11-13-21)24-16-18-8-5-9-20(14-18)25-15-17-6-3-2-4-7-17/h2-14H,15-16H2,1H3. The average Bonchev–Trinajstić information content (AvgIpc) is 2.66. The molecule has 0 bridgehead atoms. The van der Waals surface area contributed by atoms with Crippen LogP contribution in [-0.2, 0) is 23.1 Å². The molecule has 0 atom stereocenters. The van der Waals surface area contributed by atoms with Gasteiger partial charge in [-0.3, -0.25) is 0 Å². The van der Waals surface area contributed by atoms with Crippen LogP contribution < -0.4 is 9.47 Å². The zero-order valence-electron chi connectivity index (χ0n) is 14.5. The summed E-state index contributed by atoms with van der Waals surface area (Å²) in [5, 5.41) is 0. The Kier molecular flexibility index (Phi) is 5.58. The van der Waals surface area contributed by atoms with Gasteiger partial charge in [-0.15, -0.1) is 0 Å². The molecule has 0 saturated heterocycles. The molecule has 0 N–H and O–H groups in total. The minimum atomic E-state index is -3.19. The molecule has 0 aliphatic carbocycles. The van der Waals surface area contributed by atoms with Crippen LogP contribution in [0.5, 0.6) is 11.5 Å². The van der Waals surface area contributed by atoms with Gasteiger partial charge in [0.15, 0.2) is 9.84 Å². The van der Waals surface area contributed by atoms with Gasteiger partial charge in [0.05, 0.1) is 4.90 Å². The molecule has 26 heavy (non-hydrogen) atoms. The summed E-state index contributed by atoms with van der Waals surface area (Å²) in [5.41, 5.74) is 2.09. The Balaban J connectivity index is 1.58. The predicted molar refractivity (Wildman–Crippen MR) is 101 cm³/mol. The van der Waals surface area contributed by atoms with Gasteiger partial charge < -0.3 is 9.47 Å². The maximum atomic E-state index is 11.5. The first-order valence-electron chi connectivity index (χ1n) is 8.19. The van der Waals surface area contributed by atoms with Crippen LogP contribution in [0.3, 0.4) is 0 Å². The van der Waals surface area contributed by atoms with E-state index in [-0.39, 0.29) is 4.90 Å². The second-order valence-electron chi connectivity index (χ2n) is 5.95. The second-order valence-corrected chi connectivity index (χ2v) is 7.97. The smallest absolute Gasteiger partial charge is 0.175 e. The minimum Gasteiger partial charge on any atom is -0.489 e. The molecule has 0 unspecified atom stereocenters. The van der Waals surface area contributed by atoms with Crippen LogP contribution in [-0.4, -0.2) is 14.7 Å². The molecule has 0 aromatic heterocycles. The van der Waals surface area contributed by atoms with Crippen LogP contribution in [0.25, 0.3) is 0 Å². The number of sulfone groups is 1. The van der Waals surface area contributed by atoms with Crippen LogP contribution in [0.4, 0.5) is 0 Å². The SMILES string of the molecule is CS(=O)(=O)c1ccc(OCc2cccc(OCc3ccccc3)c2)cc1. The highest BCUT2D eigenvalue weighted by atomic mass is 32.2. The molecule has 3 rings (SSSR count). The Morgan fingerprint density at radius 2 is 1.31 bits per heavy atom. The molecule has 4 nitrogen and oxygen atoms in total. The molecule has 0 fully saturated rings. The maximum Gasteiger partial charge on any atom is 0.175 e. The first-order valence-corrected chi connectivity index (χ1v) is 10.1. The summed E-state index contributed by atoms with van der Waals surface area (Å²) >= 11 is 0. The molecular formula is C21H20O4S. The zero-order chi connectivity index (χ0) is 18.4. The Morgan fingerprint density at radius 3 is 2.00 bits per heavy atom. The fourth-order valence-electron chi connectivity index (χ4n) is 2.42. The number of benzene rings is 3. The van der Waals surface area contributed by atoms with Crippen molar-refractivity contribution in [1.29, 1.82) is 0 Å². The van der Waals surface area contributed by atoms with Crippen molar-refractivity contribution in [3.63, 3.8) is 0 Å². The Hall–Kier alpha value is -2.79. The Labute approximate surface area is 153 Å². The van der Waals surface area contributed by atoms with Crippen LogP contribution in [0.15, 0.2) is 83.8 Å². The Morgan fingerprint density at radius 1 is 0.692 bits per heavy atom. The minimum absolute atomic E-state index is 0.279. The van der Waals surface area contributed by atoms with Gasteiger partial charge in [-0.05, 0) is 47.5 Å². The van der Waals surface area contributed by atoms with E-state index < -0.39 is 9.84 Å². The normalized spacial score (nSPS) is 11.1. The fourth-order valence-corrected chi connectivity index (χ4v) is 3.05. The van der Waals surface area contributed by atoms with E-state index in [2.05, 4.69) is 0 Å². The zero-order valence-corrected chi connectivity index (χ0v) is 15.3. The lowest BCUT2D eigenvalue weighted by atomic mass is 10.2. The number of rotatable bonds is 7. The monoisotopic (exact) mass is 368 g/mol. The van der Waals surface area contributed by atoms with Crippen LogP contribution in [0, 0.1) is 0 Å². The highest BCUT2D eigenvalue weighted by molar-refractivity contribution is 7.90. The molecule has 0 radical (unpaired) electrons. The van der Waals surface area contributed by atoms with Crippen molar-refractivity contribution < 1.29 is 17.9 Å². The quantitative estimate of drug-likeness (QED) is 0.626. The molecule has 0 spiro atoms. The molecule has 0 heterocycles. The first-order chi connectivity index (χ1) is 12.5. The van der Waals surface area contributed by atoms with E-state index in [1.165, 1.54) is 6.26 Å². The van der Waals surface area contributed by atoms with Crippen molar-refractivity contribution in [2.75, 3.05) is 6.26 Å². The summed E-state index contributed by atoms with van der Waals surface area (Å²) in [5.74, 6) is 1.40. The van der Waals surface area contributed by atoms with Crippen LogP contribution in [0.2, 0.25) is 0 Å². The van der Waals surface area contributed by atoms with Crippen molar-refractivity contribution in [3.8, 4) is 11.5 Å². The Bertz CT molecular complexity index is 949. The van der Waals surface area contributed by atoms with Crippen LogP contribution >= 0.6 is 0 Å². The van der Waals surface area contributed by atoms with Gasteiger partial charge in [-0.1, -0.05) is 42.5 Å². The molecule has 5 heteroatoms. The van der Waals surface area contributed by atoms with E-state index in [9.17, 15) is 8.42 Å². The highest BCUT2D eigenvalue weighted by Crippen LogP contribution is 2.19. The molecule has 0 saturated carbocycles. The molecule has 0 aliphatic rings. The number of ether oxygens (including phenoxy) is 2. The number of hydrogen-bond acceptors (Lipinski definition) is 4. The molecule has 3 aromatic carbocycles. The lowest BCUT2D eigenvalue weighted by Gasteiger charge is -2.10. The summed E-state index contributed by atoms with van der Waals surface area (Å²) in [7, 11) is -3.19. The van der Waals surface area contributed by atoms with E-state index in [0.29, 0.717) is 19.0 Å². The first kappa shape index (κ1) is 18.0. The van der Waals surface area contributed by atoms with Crippen molar-refractivity contribution in [1.82, 2.24) is 0 Å². The summed E-state index contributed by atoms with van der Waals surface area (Å²) < 4.78 is 34.5. The molecular weight excluding hydrogens is 348 g/mol. The van der Waals surface area contributed by atoms with Gasteiger partial charge in [0, 0.05) is 6.26 Å². The maximum absolute atomic E-state index is 11.5. The van der Waals surface area contributed by atoms with E-state index in [1.807, 2.05) is 54.6 Å². The van der Waals surface area contributed by atoms with E-state index in [1.54, 1.807) is 24.3 Å². The van der Waals surface area contributed by atoms with Crippen molar-refractivity contribution >= 4 is 9.84 Å². The lowest BCUT2D eigenvalue weighted by Crippen LogP contribution is -1.99. The average molecular weight is 368 g/mol. The third-order valence-electron chi connectivity index (χ3n) is 3.80. The van der Waals surface area contributed by atoms with Gasteiger partial charge in [0.25, 0.3) is 0 Å². The van der Waals surface area contributed by atoms with E-state index in [4.69, 9.17) is 9.47 Å². The predicted octanol–water partition coefficient (Wildman–Crippen LogP) is 4.25. The lowest BCUT2D eigenvalue weighted by molar-refractivity contribution is 0.295. The third kappa shape index (κ3) is 5.10. The van der Waals surface area contributed by atoms with E-state index in [0.717, 1.165) is 16.9 Å². The molecule has 0 aliphatic heterocycles. The molecule has 3 aromatic rings. The van der Waals surface area contributed by atoms with E-state index >= 15 is 0 Å². The fraction of sp³-hybridized carbons (Fsp3) is 0.143. The van der Waals surface area contributed by atoms with Gasteiger partial charge in [0.2, 0.25) is 0 Å². The van der Waals surface area contributed by atoms with Gasteiger partial charge in [-0.25, -0.2) is 8.42 Å². The van der Waals surface area contributed by atoms with Gasteiger partial charge in [0.1, 0.15) is 24.7 Å². The van der Waals surface area contributed by atoms with Gasteiger partial charge >= 0.3 is 0 Å². The summed E-state index contributed by atoms with van der Waals surface area (Å²) in [6.45, 7) is 0.888. The molecule has 0 amide bonds. The largest absolute Gasteiger partial charge is 0.489 e. The van der Waals surface area contributed by atoms with Crippen molar-refractivity contribution in [2.24, 2.45) is 0 Å². The summed E-state index contributed by atoms with van der Waals surface area (Å²) in [6.07, 6.45) is 1.18. The summed E-state index contributed by atoms with van der Waals surface area (Å²) in [6, 6.07) is 24.1. The highest BCUT2D eigenvalue weighted by Gasteiger charge is 2.06. The third-order valence-corrected chi connectivity index (χ3v) is 4.93.